The topological polar surface area (TPSA) is 54.9 Å². The predicted molar refractivity (Wildman–Crippen MR) is 73.9 cm³/mol. The number of carbonyl (C=O) groups excluding carboxylic acids is 1. The second kappa shape index (κ2) is 5.46. The molecule has 0 saturated carbocycles. The lowest BCUT2D eigenvalue weighted by molar-refractivity contribution is 0.102. The van der Waals surface area contributed by atoms with Gasteiger partial charge < -0.3 is 5.32 Å². The molecule has 2 aromatic heterocycles. The quantitative estimate of drug-likeness (QED) is 0.860. The Kier molecular flexibility index (Phi) is 3.93. The highest BCUT2D eigenvalue weighted by atomic mass is 79.9. The fourth-order valence-electron chi connectivity index (χ4n) is 1.37. The van der Waals surface area contributed by atoms with Crippen LogP contribution >= 0.6 is 27.5 Å². The standard InChI is InChI=1S/C12H9BrClN3O/c1-7-2-10(6-16-11(7)14)17-12(18)8-3-9(13)5-15-4-8/h2-6H,1H3,(H,17,18). The van der Waals surface area contributed by atoms with Crippen molar-refractivity contribution in [3.05, 3.63) is 51.5 Å². The number of amides is 1. The minimum Gasteiger partial charge on any atom is -0.321 e. The molecular weight excluding hydrogens is 318 g/mol. The van der Waals surface area contributed by atoms with E-state index < -0.39 is 0 Å². The van der Waals surface area contributed by atoms with E-state index in [9.17, 15) is 4.79 Å². The fraction of sp³-hybridized carbons (Fsp3) is 0.0833. The van der Waals surface area contributed by atoms with Gasteiger partial charge in [0.15, 0.2) is 0 Å². The molecule has 6 heteroatoms. The van der Waals surface area contributed by atoms with Gasteiger partial charge in [0.25, 0.3) is 5.91 Å². The van der Waals surface area contributed by atoms with Crippen LogP contribution in [0.2, 0.25) is 5.15 Å². The van der Waals surface area contributed by atoms with Crippen molar-refractivity contribution in [1.82, 2.24) is 9.97 Å². The van der Waals surface area contributed by atoms with E-state index in [2.05, 4.69) is 31.2 Å². The van der Waals surface area contributed by atoms with Crippen molar-refractivity contribution in [3.8, 4) is 0 Å². The minimum atomic E-state index is -0.243. The van der Waals surface area contributed by atoms with Crippen molar-refractivity contribution in [2.45, 2.75) is 6.92 Å². The van der Waals surface area contributed by atoms with E-state index in [1.807, 2.05) is 6.92 Å². The molecule has 0 aliphatic carbocycles. The number of nitrogens with one attached hydrogen (secondary N) is 1. The molecule has 0 saturated heterocycles. The maximum absolute atomic E-state index is 11.9. The van der Waals surface area contributed by atoms with Crippen molar-refractivity contribution in [1.29, 1.82) is 0 Å². The Balaban J connectivity index is 2.18. The molecule has 18 heavy (non-hydrogen) atoms. The predicted octanol–water partition coefficient (Wildman–Crippen LogP) is 3.45. The summed E-state index contributed by atoms with van der Waals surface area (Å²) < 4.78 is 0.751. The van der Waals surface area contributed by atoms with Crippen LogP contribution in [0.3, 0.4) is 0 Å². The van der Waals surface area contributed by atoms with Crippen LogP contribution in [0.25, 0.3) is 0 Å². The third kappa shape index (κ3) is 3.05. The highest BCUT2D eigenvalue weighted by Gasteiger charge is 2.08. The van der Waals surface area contributed by atoms with Gasteiger partial charge in [-0.15, -0.1) is 0 Å². The van der Waals surface area contributed by atoms with E-state index >= 15 is 0 Å². The molecule has 1 N–H and O–H groups in total. The summed E-state index contributed by atoms with van der Waals surface area (Å²) in [6, 6.07) is 3.46. The molecule has 0 fully saturated rings. The average molecular weight is 327 g/mol. The summed E-state index contributed by atoms with van der Waals surface area (Å²) in [5.74, 6) is -0.243. The summed E-state index contributed by atoms with van der Waals surface area (Å²) >= 11 is 9.08. The molecule has 1 amide bonds. The van der Waals surface area contributed by atoms with Gasteiger partial charge in [0.05, 0.1) is 17.4 Å². The third-order valence-electron chi connectivity index (χ3n) is 2.24. The van der Waals surface area contributed by atoms with Gasteiger partial charge in [-0.25, -0.2) is 4.98 Å². The van der Waals surface area contributed by atoms with Crippen LogP contribution in [0.15, 0.2) is 35.2 Å². The summed E-state index contributed by atoms with van der Waals surface area (Å²) in [6.07, 6.45) is 4.62. The van der Waals surface area contributed by atoms with E-state index in [0.717, 1.165) is 10.0 Å². The van der Waals surface area contributed by atoms with Gasteiger partial charge >= 0.3 is 0 Å². The summed E-state index contributed by atoms with van der Waals surface area (Å²) in [7, 11) is 0. The van der Waals surface area contributed by atoms with Gasteiger partial charge in [0, 0.05) is 16.9 Å². The minimum absolute atomic E-state index is 0.243. The van der Waals surface area contributed by atoms with Gasteiger partial charge in [0.2, 0.25) is 0 Å². The number of aromatic nitrogens is 2. The van der Waals surface area contributed by atoms with E-state index in [4.69, 9.17) is 11.6 Å². The van der Waals surface area contributed by atoms with Crippen LogP contribution in [0.1, 0.15) is 15.9 Å². The Morgan fingerprint density at radius 2 is 2.11 bits per heavy atom. The second-order valence-corrected chi connectivity index (χ2v) is 4.95. The largest absolute Gasteiger partial charge is 0.321 e. The molecule has 2 rings (SSSR count). The third-order valence-corrected chi connectivity index (χ3v) is 3.07. The molecule has 4 nitrogen and oxygen atoms in total. The Hall–Kier alpha value is -1.46. The van der Waals surface area contributed by atoms with Crippen LogP contribution in [0, 0.1) is 6.92 Å². The number of anilines is 1. The first kappa shape index (κ1) is 13.0. The number of nitrogens with zero attached hydrogens (tertiary/aromatic N) is 2. The van der Waals surface area contributed by atoms with Crippen LogP contribution in [-0.4, -0.2) is 15.9 Å². The first-order valence-electron chi connectivity index (χ1n) is 5.10. The monoisotopic (exact) mass is 325 g/mol. The zero-order valence-corrected chi connectivity index (χ0v) is 11.8. The zero-order valence-electron chi connectivity index (χ0n) is 9.45. The Labute approximate surface area is 118 Å². The highest BCUT2D eigenvalue weighted by Crippen LogP contribution is 2.17. The maximum atomic E-state index is 11.9. The van der Waals surface area contributed by atoms with Crippen LogP contribution < -0.4 is 5.32 Å². The Bertz CT molecular complexity index is 604. The molecule has 0 radical (unpaired) electrons. The number of hydrogen-bond acceptors (Lipinski definition) is 3. The Morgan fingerprint density at radius 1 is 1.33 bits per heavy atom. The highest BCUT2D eigenvalue weighted by molar-refractivity contribution is 9.10. The lowest BCUT2D eigenvalue weighted by atomic mass is 10.2. The normalized spacial score (nSPS) is 10.2. The number of rotatable bonds is 2. The summed E-state index contributed by atoms with van der Waals surface area (Å²) in [6.45, 7) is 1.83. The maximum Gasteiger partial charge on any atom is 0.257 e. The number of pyridine rings is 2. The summed E-state index contributed by atoms with van der Waals surface area (Å²) in [5, 5.41) is 3.16. The molecule has 0 bridgehead atoms. The molecule has 0 spiro atoms. The molecule has 0 atom stereocenters. The molecule has 0 unspecified atom stereocenters. The van der Waals surface area contributed by atoms with Gasteiger partial charge in [0.1, 0.15) is 5.15 Å². The molecule has 92 valence electrons. The number of halogens is 2. The smallest absolute Gasteiger partial charge is 0.257 e. The number of aryl methyl sites for hydroxylation is 1. The number of carbonyl (C=O) groups is 1. The first-order chi connectivity index (χ1) is 8.56. The van der Waals surface area contributed by atoms with E-state index in [0.29, 0.717) is 16.4 Å². The molecule has 0 aromatic carbocycles. The van der Waals surface area contributed by atoms with Gasteiger partial charge in [-0.3, -0.25) is 9.78 Å². The molecule has 2 aromatic rings. The lowest BCUT2D eigenvalue weighted by Crippen LogP contribution is -2.12. The van der Waals surface area contributed by atoms with Crippen LogP contribution in [0.5, 0.6) is 0 Å². The van der Waals surface area contributed by atoms with E-state index in [1.165, 1.54) is 12.4 Å². The van der Waals surface area contributed by atoms with E-state index in [-0.39, 0.29) is 5.91 Å². The van der Waals surface area contributed by atoms with E-state index in [1.54, 1.807) is 18.3 Å². The van der Waals surface area contributed by atoms with Crippen molar-refractivity contribution in [2.24, 2.45) is 0 Å². The molecule has 0 aliphatic heterocycles. The zero-order chi connectivity index (χ0) is 13.1. The van der Waals surface area contributed by atoms with Crippen molar-refractivity contribution < 1.29 is 4.79 Å². The summed E-state index contributed by atoms with van der Waals surface area (Å²) in [4.78, 5) is 19.8. The fourth-order valence-corrected chi connectivity index (χ4v) is 1.83. The Morgan fingerprint density at radius 3 is 2.78 bits per heavy atom. The summed E-state index contributed by atoms with van der Waals surface area (Å²) in [5.41, 5.74) is 1.88. The SMILES string of the molecule is Cc1cc(NC(=O)c2cncc(Br)c2)cnc1Cl. The van der Waals surface area contributed by atoms with Crippen LogP contribution in [-0.2, 0) is 0 Å². The van der Waals surface area contributed by atoms with Crippen molar-refractivity contribution in [2.75, 3.05) is 5.32 Å². The number of hydrogen-bond donors (Lipinski definition) is 1. The second-order valence-electron chi connectivity index (χ2n) is 3.68. The average Bonchev–Trinajstić information content (AvgIpc) is 2.34. The van der Waals surface area contributed by atoms with Gasteiger partial charge in [-0.2, -0.15) is 0 Å². The first-order valence-corrected chi connectivity index (χ1v) is 6.27. The van der Waals surface area contributed by atoms with Crippen molar-refractivity contribution in [3.63, 3.8) is 0 Å². The molecular formula is C12H9BrClN3O. The molecule has 2 heterocycles. The van der Waals surface area contributed by atoms with Gasteiger partial charge in [-0.1, -0.05) is 11.6 Å². The van der Waals surface area contributed by atoms with Gasteiger partial charge in [-0.05, 0) is 40.5 Å². The van der Waals surface area contributed by atoms with Crippen molar-refractivity contribution >= 4 is 39.1 Å². The van der Waals surface area contributed by atoms with Crippen LogP contribution in [0.4, 0.5) is 5.69 Å². The molecule has 0 aliphatic rings. The lowest BCUT2D eigenvalue weighted by Gasteiger charge is -2.06.